The number of aliphatic hydroxyl groups excluding tert-OH is 2. The Balaban J connectivity index is 1.72. The molecule has 88 valence electrons. The van der Waals surface area contributed by atoms with E-state index in [2.05, 4.69) is 0 Å². The minimum Gasteiger partial charge on any atom is -0.393 e. The Hall–Kier alpha value is -0.900. The van der Waals surface area contributed by atoms with Crippen molar-refractivity contribution in [2.45, 2.75) is 31.7 Å². The molecule has 2 N–H and O–H groups in total. The van der Waals surface area contributed by atoms with Crippen molar-refractivity contribution in [3.63, 3.8) is 0 Å². The number of rotatable bonds is 4. The summed E-state index contributed by atoms with van der Waals surface area (Å²) in [6.07, 6.45) is 0.362. The Morgan fingerprint density at radius 2 is 1.88 bits per heavy atom. The van der Waals surface area contributed by atoms with E-state index in [1.165, 1.54) is 0 Å². The van der Waals surface area contributed by atoms with Crippen LogP contribution >= 0.6 is 0 Å². The lowest BCUT2D eigenvalue weighted by Crippen LogP contribution is -2.18. The average Bonchev–Trinajstić information content (AvgIpc) is 2.59. The molecule has 0 heterocycles. The zero-order chi connectivity index (χ0) is 11.4. The molecule has 3 heteroatoms. The van der Waals surface area contributed by atoms with Gasteiger partial charge in [0.15, 0.2) is 0 Å². The van der Waals surface area contributed by atoms with Crippen molar-refractivity contribution in [2.75, 3.05) is 6.61 Å². The van der Waals surface area contributed by atoms with Gasteiger partial charge in [-0.25, -0.2) is 0 Å². The van der Waals surface area contributed by atoms with Crippen LogP contribution in [0.2, 0.25) is 0 Å². The summed E-state index contributed by atoms with van der Waals surface area (Å²) in [5.74, 6) is 0.0821. The summed E-state index contributed by atoms with van der Waals surface area (Å²) in [5, 5.41) is 19.0. The molecule has 0 bridgehead atoms. The molecule has 0 amide bonds. The molecule has 16 heavy (non-hydrogen) atoms. The molecule has 0 aliphatic heterocycles. The van der Waals surface area contributed by atoms with Crippen LogP contribution in [0.15, 0.2) is 30.3 Å². The molecule has 3 nitrogen and oxygen atoms in total. The van der Waals surface area contributed by atoms with E-state index in [1.807, 2.05) is 30.3 Å². The molecule has 0 spiro atoms. The van der Waals surface area contributed by atoms with Crippen LogP contribution < -0.4 is 0 Å². The summed E-state index contributed by atoms with van der Waals surface area (Å²) in [5.41, 5.74) is 1.13. The Kier molecular flexibility index (Phi) is 3.93. The Labute approximate surface area is 95.7 Å². The second kappa shape index (κ2) is 5.43. The number of hydrogen-bond donors (Lipinski definition) is 2. The van der Waals surface area contributed by atoms with Gasteiger partial charge in [0.25, 0.3) is 0 Å². The zero-order valence-electron chi connectivity index (χ0n) is 9.25. The Morgan fingerprint density at radius 3 is 2.50 bits per heavy atom. The molecule has 0 radical (unpaired) electrons. The smallest absolute Gasteiger partial charge is 0.0717 e. The molecule has 1 aromatic rings. The molecule has 1 aromatic carbocycles. The molecular formula is C13H18O3. The first kappa shape index (κ1) is 11.6. The first-order valence-electron chi connectivity index (χ1n) is 5.73. The van der Waals surface area contributed by atoms with Gasteiger partial charge in [0, 0.05) is 5.92 Å². The third-order valence-corrected chi connectivity index (χ3v) is 3.08. The van der Waals surface area contributed by atoms with Crippen molar-refractivity contribution >= 4 is 0 Å². The number of hydrogen-bond acceptors (Lipinski definition) is 3. The van der Waals surface area contributed by atoms with Crippen LogP contribution in [0.25, 0.3) is 0 Å². The fourth-order valence-corrected chi connectivity index (χ4v) is 2.16. The topological polar surface area (TPSA) is 49.7 Å². The second-order valence-corrected chi connectivity index (χ2v) is 4.45. The van der Waals surface area contributed by atoms with Gasteiger partial charge in [-0.1, -0.05) is 30.3 Å². The van der Waals surface area contributed by atoms with Gasteiger partial charge in [-0.3, -0.25) is 0 Å². The molecule has 3 atom stereocenters. The maximum atomic E-state index is 9.62. The quantitative estimate of drug-likeness (QED) is 0.808. The van der Waals surface area contributed by atoms with Crippen molar-refractivity contribution in [3.05, 3.63) is 35.9 Å². The van der Waals surface area contributed by atoms with Gasteiger partial charge >= 0.3 is 0 Å². The van der Waals surface area contributed by atoms with Crippen LogP contribution in [0.3, 0.4) is 0 Å². The van der Waals surface area contributed by atoms with E-state index in [9.17, 15) is 10.2 Å². The molecule has 1 aliphatic rings. The van der Waals surface area contributed by atoms with Gasteiger partial charge in [-0.2, -0.15) is 0 Å². The summed E-state index contributed by atoms with van der Waals surface area (Å²) in [6, 6.07) is 9.96. The van der Waals surface area contributed by atoms with Gasteiger partial charge < -0.3 is 14.9 Å². The number of ether oxygens (including phenoxy) is 1. The molecule has 1 saturated carbocycles. The van der Waals surface area contributed by atoms with Gasteiger partial charge in [0.2, 0.25) is 0 Å². The molecule has 0 unspecified atom stereocenters. The highest BCUT2D eigenvalue weighted by Gasteiger charge is 2.31. The average molecular weight is 222 g/mol. The molecule has 0 aromatic heterocycles. The minimum atomic E-state index is -0.411. The summed E-state index contributed by atoms with van der Waals surface area (Å²) < 4.78 is 5.55. The van der Waals surface area contributed by atoms with Crippen LogP contribution in [0, 0.1) is 5.92 Å². The maximum absolute atomic E-state index is 9.62. The van der Waals surface area contributed by atoms with Crippen molar-refractivity contribution in [3.8, 4) is 0 Å². The van der Waals surface area contributed by atoms with Gasteiger partial charge in [0.05, 0.1) is 25.4 Å². The van der Waals surface area contributed by atoms with E-state index in [0.29, 0.717) is 26.1 Å². The Morgan fingerprint density at radius 1 is 1.12 bits per heavy atom. The van der Waals surface area contributed by atoms with E-state index >= 15 is 0 Å². The van der Waals surface area contributed by atoms with Crippen molar-refractivity contribution in [1.82, 2.24) is 0 Å². The summed E-state index contributed by atoms with van der Waals surface area (Å²) in [4.78, 5) is 0. The molecule has 1 fully saturated rings. The van der Waals surface area contributed by atoms with Gasteiger partial charge in [-0.15, -0.1) is 0 Å². The van der Waals surface area contributed by atoms with E-state index < -0.39 is 6.10 Å². The normalized spacial score (nSPS) is 29.5. The van der Waals surface area contributed by atoms with Gasteiger partial charge in [0.1, 0.15) is 0 Å². The maximum Gasteiger partial charge on any atom is 0.0717 e. The molecular weight excluding hydrogens is 204 g/mol. The summed E-state index contributed by atoms with van der Waals surface area (Å²) in [7, 11) is 0. The lowest BCUT2D eigenvalue weighted by molar-refractivity contribution is 0.0367. The standard InChI is InChI=1S/C13H18O3/c14-12-6-11(13(15)7-12)9-16-8-10-4-2-1-3-5-10/h1-5,11-15H,6-9H2/t11-,12-,13+/m1/s1. The highest BCUT2D eigenvalue weighted by molar-refractivity contribution is 5.13. The third-order valence-electron chi connectivity index (χ3n) is 3.08. The highest BCUT2D eigenvalue weighted by Crippen LogP contribution is 2.26. The molecule has 2 rings (SSSR count). The van der Waals surface area contributed by atoms with E-state index in [4.69, 9.17) is 4.74 Å². The Bertz CT molecular complexity index is 312. The summed E-state index contributed by atoms with van der Waals surface area (Å²) in [6.45, 7) is 1.09. The number of benzene rings is 1. The second-order valence-electron chi connectivity index (χ2n) is 4.45. The van der Waals surface area contributed by atoms with E-state index in [-0.39, 0.29) is 12.0 Å². The fraction of sp³-hybridized carbons (Fsp3) is 0.538. The van der Waals surface area contributed by atoms with Crippen LogP contribution in [0.1, 0.15) is 18.4 Å². The summed E-state index contributed by atoms with van der Waals surface area (Å²) >= 11 is 0. The minimum absolute atomic E-state index is 0.0821. The predicted octanol–water partition coefficient (Wildman–Crippen LogP) is 1.33. The first-order chi connectivity index (χ1) is 7.75. The lowest BCUT2D eigenvalue weighted by Gasteiger charge is -2.14. The highest BCUT2D eigenvalue weighted by atomic mass is 16.5. The van der Waals surface area contributed by atoms with Crippen molar-refractivity contribution in [1.29, 1.82) is 0 Å². The zero-order valence-corrected chi connectivity index (χ0v) is 9.25. The first-order valence-corrected chi connectivity index (χ1v) is 5.73. The van der Waals surface area contributed by atoms with Crippen molar-refractivity contribution in [2.24, 2.45) is 5.92 Å². The molecule has 1 aliphatic carbocycles. The monoisotopic (exact) mass is 222 g/mol. The predicted molar refractivity (Wildman–Crippen MR) is 60.8 cm³/mol. The van der Waals surface area contributed by atoms with Gasteiger partial charge in [-0.05, 0) is 18.4 Å². The third kappa shape index (κ3) is 3.04. The lowest BCUT2D eigenvalue weighted by atomic mass is 10.1. The van der Waals surface area contributed by atoms with E-state index in [1.54, 1.807) is 0 Å². The number of aliphatic hydroxyl groups is 2. The fourth-order valence-electron chi connectivity index (χ4n) is 2.16. The van der Waals surface area contributed by atoms with E-state index in [0.717, 1.165) is 5.56 Å². The largest absolute Gasteiger partial charge is 0.393 e. The SMILES string of the molecule is O[C@@H]1C[C@H](COCc2ccccc2)[C@@H](O)C1. The van der Waals surface area contributed by atoms with Crippen molar-refractivity contribution < 1.29 is 14.9 Å². The molecule has 0 saturated heterocycles. The van der Waals surface area contributed by atoms with Crippen LogP contribution in [-0.2, 0) is 11.3 Å². The van der Waals surface area contributed by atoms with Crippen LogP contribution in [0.5, 0.6) is 0 Å². The van der Waals surface area contributed by atoms with Crippen LogP contribution in [0.4, 0.5) is 0 Å². The van der Waals surface area contributed by atoms with Crippen LogP contribution in [-0.4, -0.2) is 29.0 Å².